The average Bonchev–Trinajstić information content (AvgIpc) is 3.30. The Balaban J connectivity index is 1.42. The van der Waals surface area contributed by atoms with E-state index in [1.54, 1.807) is 11.3 Å². The molecule has 1 fully saturated rings. The highest BCUT2D eigenvalue weighted by Crippen LogP contribution is 2.60. The Morgan fingerprint density at radius 2 is 1.94 bits per heavy atom. The van der Waals surface area contributed by atoms with E-state index in [0.29, 0.717) is 43.1 Å². The van der Waals surface area contributed by atoms with Gasteiger partial charge in [-0.25, -0.2) is 0 Å². The maximum Gasteiger partial charge on any atom is 0.412 e. The lowest BCUT2D eigenvalue weighted by Gasteiger charge is -2.53. The third kappa shape index (κ3) is 3.88. The summed E-state index contributed by atoms with van der Waals surface area (Å²) in [7, 11) is 0. The van der Waals surface area contributed by atoms with Crippen LogP contribution < -0.4 is 0 Å². The summed E-state index contributed by atoms with van der Waals surface area (Å²) in [5.41, 5.74) is 2.50. The Morgan fingerprint density at radius 1 is 1.18 bits per heavy atom. The third-order valence-electron chi connectivity index (χ3n) is 7.74. The lowest BCUT2D eigenvalue weighted by Crippen LogP contribution is -2.46. The summed E-state index contributed by atoms with van der Waals surface area (Å²) in [6.45, 7) is 4.15. The van der Waals surface area contributed by atoms with Crippen LogP contribution >= 0.6 is 11.3 Å². The second-order valence-electron chi connectivity index (χ2n) is 10.2. The van der Waals surface area contributed by atoms with Gasteiger partial charge in [0.05, 0.1) is 5.69 Å². The van der Waals surface area contributed by atoms with Crippen molar-refractivity contribution in [3.63, 3.8) is 0 Å². The molecule has 1 spiro atoms. The van der Waals surface area contributed by atoms with Crippen LogP contribution in [0.25, 0.3) is 10.4 Å². The molecule has 0 radical (unpaired) electrons. The van der Waals surface area contributed by atoms with Gasteiger partial charge >= 0.3 is 6.18 Å². The number of rotatable bonds is 4. The minimum Gasteiger partial charge on any atom is -0.298 e. The number of halogens is 3. The number of pyridine rings is 1. The third-order valence-corrected chi connectivity index (χ3v) is 8.65. The molecule has 3 aliphatic rings. The lowest BCUT2D eigenvalue weighted by molar-refractivity contribution is -0.111. The zero-order valence-corrected chi connectivity index (χ0v) is 19.9. The Morgan fingerprint density at radius 3 is 2.56 bits per heavy atom. The van der Waals surface area contributed by atoms with Crippen LogP contribution in [0.1, 0.15) is 67.2 Å². The molecule has 34 heavy (non-hydrogen) atoms. The fourth-order valence-corrected chi connectivity index (χ4v) is 6.65. The molecule has 3 aliphatic carbocycles. The predicted octanol–water partition coefficient (Wildman–Crippen LogP) is 7.09. The molecular weight excluding hydrogens is 459 g/mol. The molecular formula is C27H26F3NO2S. The molecule has 0 bridgehead atoms. The van der Waals surface area contributed by atoms with Crippen molar-refractivity contribution in [2.75, 3.05) is 0 Å². The van der Waals surface area contributed by atoms with Crippen molar-refractivity contribution in [3.8, 4) is 10.4 Å². The van der Waals surface area contributed by atoms with Crippen LogP contribution in [0.2, 0.25) is 0 Å². The van der Waals surface area contributed by atoms with E-state index in [4.69, 9.17) is 4.98 Å². The maximum atomic E-state index is 13.4. The van der Waals surface area contributed by atoms with E-state index in [0.717, 1.165) is 27.9 Å². The lowest BCUT2D eigenvalue weighted by atomic mass is 9.51. The number of thiophene rings is 1. The van der Waals surface area contributed by atoms with Gasteiger partial charge in [0.1, 0.15) is 6.29 Å². The highest BCUT2D eigenvalue weighted by Gasteiger charge is 2.54. The number of hydrogen-bond donors (Lipinski definition) is 0. The Labute approximate surface area is 200 Å². The van der Waals surface area contributed by atoms with E-state index in [2.05, 4.69) is 13.8 Å². The van der Waals surface area contributed by atoms with Gasteiger partial charge in [-0.05, 0) is 66.5 Å². The topological polar surface area (TPSA) is 47.0 Å². The molecule has 0 saturated heterocycles. The number of carbonyl (C=O) groups is 2. The maximum absolute atomic E-state index is 13.4. The van der Waals surface area contributed by atoms with Crippen LogP contribution in [-0.4, -0.2) is 23.2 Å². The highest BCUT2D eigenvalue weighted by atomic mass is 32.1. The van der Waals surface area contributed by atoms with Crippen molar-refractivity contribution in [2.45, 2.75) is 58.0 Å². The molecule has 2 heterocycles. The molecule has 1 saturated carbocycles. The van der Waals surface area contributed by atoms with Gasteiger partial charge in [0.15, 0.2) is 5.78 Å². The molecule has 3 nitrogen and oxygen atoms in total. The largest absolute Gasteiger partial charge is 0.412 e. The number of hydrogen-bond acceptors (Lipinski definition) is 4. The van der Waals surface area contributed by atoms with Gasteiger partial charge in [0.25, 0.3) is 0 Å². The van der Waals surface area contributed by atoms with Crippen molar-refractivity contribution in [1.82, 2.24) is 4.98 Å². The summed E-state index contributed by atoms with van der Waals surface area (Å²) in [5.74, 6) is 0.401. The number of nitrogens with zero attached hydrogens (tertiary/aromatic N) is 1. The number of allylic oxidation sites excluding steroid dienone is 4. The summed E-state index contributed by atoms with van der Waals surface area (Å²) in [4.78, 5) is 30.9. The minimum absolute atomic E-state index is 0.0323. The predicted molar refractivity (Wildman–Crippen MR) is 126 cm³/mol. The molecule has 2 aromatic rings. The molecule has 178 valence electrons. The standard InChI is InChI=1S/C27H26F3NO2S/c1-15(2)21-10-20(24-4-3-7-34-24)25-22(31-21)8-16(9-23(25)33)17-11-26(12-17)13-18(27(28,29)30)5-6-19(26)14-32/h3-7,10,14-17H,8-9,11-13H2,1-2H3. The van der Waals surface area contributed by atoms with Gasteiger partial charge in [-0.3, -0.25) is 14.6 Å². The summed E-state index contributed by atoms with van der Waals surface area (Å²) in [6, 6.07) is 6.01. The number of aldehydes is 1. The van der Waals surface area contributed by atoms with E-state index in [1.807, 2.05) is 23.6 Å². The van der Waals surface area contributed by atoms with Crippen molar-refractivity contribution in [3.05, 3.63) is 63.8 Å². The Bertz CT molecular complexity index is 1200. The summed E-state index contributed by atoms with van der Waals surface area (Å²) < 4.78 is 40.1. The number of carbonyl (C=O) groups excluding carboxylic acids is 2. The van der Waals surface area contributed by atoms with Crippen LogP contribution in [0.5, 0.6) is 0 Å². The summed E-state index contributed by atoms with van der Waals surface area (Å²) in [5, 5.41) is 1.99. The Kier molecular flexibility index (Phi) is 5.66. The van der Waals surface area contributed by atoms with Gasteiger partial charge in [-0.2, -0.15) is 13.2 Å². The number of ketones is 1. The van der Waals surface area contributed by atoms with Crippen LogP contribution in [0.3, 0.4) is 0 Å². The van der Waals surface area contributed by atoms with Crippen molar-refractivity contribution < 1.29 is 22.8 Å². The fourth-order valence-electron chi connectivity index (χ4n) is 5.90. The number of Topliss-reactive ketones (excluding diaryl/α,β-unsaturated/α-hetero) is 1. The van der Waals surface area contributed by atoms with Crippen LogP contribution in [0, 0.1) is 17.3 Å². The number of aromatic nitrogens is 1. The molecule has 1 atom stereocenters. The first-order valence-electron chi connectivity index (χ1n) is 11.7. The molecule has 0 aromatic carbocycles. The smallest absolute Gasteiger partial charge is 0.298 e. The second kappa shape index (κ2) is 8.29. The fraction of sp³-hybridized carbons (Fsp3) is 0.444. The van der Waals surface area contributed by atoms with Gasteiger partial charge in [0, 0.05) is 39.1 Å². The molecule has 0 amide bonds. The SMILES string of the molecule is CC(C)c1cc(-c2cccs2)c2c(n1)CC(C1CC3(CC(C(F)(F)F)=CC=C3C=O)C1)CC2=O. The van der Waals surface area contributed by atoms with Crippen molar-refractivity contribution in [2.24, 2.45) is 17.3 Å². The zero-order valence-electron chi connectivity index (χ0n) is 19.1. The molecule has 5 rings (SSSR count). The van der Waals surface area contributed by atoms with E-state index in [1.165, 1.54) is 6.08 Å². The first-order valence-corrected chi connectivity index (χ1v) is 12.5. The second-order valence-corrected chi connectivity index (χ2v) is 11.1. The van der Waals surface area contributed by atoms with E-state index >= 15 is 0 Å². The van der Waals surface area contributed by atoms with E-state index in [9.17, 15) is 22.8 Å². The first kappa shape index (κ1) is 23.2. The number of alkyl halides is 3. The molecule has 2 aromatic heterocycles. The van der Waals surface area contributed by atoms with Crippen LogP contribution in [0.4, 0.5) is 13.2 Å². The average molecular weight is 486 g/mol. The summed E-state index contributed by atoms with van der Waals surface area (Å²) in [6.07, 6.45) is 0.530. The minimum atomic E-state index is -4.39. The summed E-state index contributed by atoms with van der Waals surface area (Å²) >= 11 is 1.60. The van der Waals surface area contributed by atoms with Crippen LogP contribution in [0.15, 0.2) is 46.9 Å². The zero-order chi connectivity index (χ0) is 24.3. The molecule has 0 aliphatic heterocycles. The number of fused-ring (bicyclic) bond motifs is 1. The van der Waals surface area contributed by atoms with E-state index in [-0.39, 0.29) is 30.0 Å². The molecule has 7 heteroatoms. The molecule has 0 N–H and O–H groups in total. The van der Waals surface area contributed by atoms with Crippen molar-refractivity contribution in [1.29, 1.82) is 0 Å². The normalized spacial score (nSPS) is 26.7. The van der Waals surface area contributed by atoms with Gasteiger partial charge < -0.3 is 0 Å². The monoisotopic (exact) mass is 485 g/mol. The van der Waals surface area contributed by atoms with Gasteiger partial charge in [0.2, 0.25) is 0 Å². The highest BCUT2D eigenvalue weighted by molar-refractivity contribution is 7.13. The van der Waals surface area contributed by atoms with Gasteiger partial charge in [-0.15, -0.1) is 11.3 Å². The first-order chi connectivity index (χ1) is 16.1. The van der Waals surface area contributed by atoms with Gasteiger partial charge in [-0.1, -0.05) is 32.1 Å². The van der Waals surface area contributed by atoms with Crippen LogP contribution in [-0.2, 0) is 11.2 Å². The quantitative estimate of drug-likeness (QED) is 0.434. The Hall–Kier alpha value is -2.54. The van der Waals surface area contributed by atoms with E-state index < -0.39 is 17.2 Å². The molecule has 1 unspecified atom stereocenters. The van der Waals surface area contributed by atoms with Crippen molar-refractivity contribution >= 4 is 23.4 Å².